The lowest BCUT2D eigenvalue weighted by Crippen LogP contribution is -2.40. The monoisotopic (exact) mass is 397 g/mol. The lowest BCUT2D eigenvalue weighted by Gasteiger charge is -2.36. The molecule has 0 amide bonds. The van der Waals surface area contributed by atoms with Gasteiger partial charge in [0.2, 0.25) is 0 Å². The smallest absolute Gasteiger partial charge is 0.192 e. The Morgan fingerprint density at radius 1 is 1.29 bits per heavy atom. The average Bonchev–Trinajstić information content (AvgIpc) is 2.94. The standard InChI is InChI=1S/C24H35NO2Si/c1-10-17(3)14-23(26)20-12-13-22-21(19(20)11-2)15-18(25(22)7)16-27-28(8,9)24(4,5)6/h10-13,15,17H,1-2,14,16H2,3-9H3. The Morgan fingerprint density at radius 3 is 2.46 bits per heavy atom. The Kier molecular flexibility index (Phi) is 6.57. The molecule has 0 spiro atoms. The van der Waals surface area contributed by atoms with Gasteiger partial charge < -0.3 is 8.99 Å². The van der Waals surface area contributed by atoms with Gasteiger partial charge in [-0.2, -0.15) is 0 Å². The zero-order chi connectivity index (χ0) is 21.3. The second-order valence-corrected chi connectivity index (χ2v) is 14.1. The van der Waals surface area contributed by atoms with Crippen LogP contribution < -0.4 is 0 Å². The number of Topliss-reactive ketones (excluding diaryl/α,β-unsaturated/α-hetero) is 1. The molecule has 152 valence electrons. The topological polar surface area (TPSA) is 31.2 Å². The molecule has 1 heterocycles. The van der Waals surface area contributed by atoms with Crippen LogP contribution in [0.1, 0.15) is 55.7 Å². The van der Waals surface area contributed by atoms with Gasteiger partial charge in [0, 0.05) is 35.6 Å². The van der Waals surface area contributed by atoms with Crippen LogP contribution in [-0.4, -0.2) is 18.7 Å². The predicted octanol–water partition coefficient (Wildman–Crippen LogP) is 6.74. The van der Waals surface area contributed by atoms with Gasteiger partial charge in [-0.3, -0.25) is 4.79 Å². The van der Waals surface area contributed by atoms with Gasteiger partial charge >= 0.3 is 0 Å². The Labute approximate surface area is 171 Å². The summed E-state index contributed by atoms with van der Waals surface area (Å²) in [5.74, 6) is 0.289. The number of carbonyl (C=O) groups is 1. The fourth-order valence-corrected chi connectivity index (χ4v) is 3.99. The van der Waals surface area contributed by atoms with Crippen molar-refractivity contribution < 1.29 is 9.22 Å². The second-order valence-electron chi connectivity index (χ2n) is 9.25. The van der Waals surface area contributed by atoms with Crippen molar-refractivity contribution in [3.63, 3.8) is 0 Å². The molecular formula is C24H35NO2Si. The SMILES string of the molecule is C=Cc1c(C(=O)CC(C)C=C)ccc2c1cc(CO[Si](C)(C)C(C)(C)C)n2C. The van der Waals surface area contributed by atoms with E-state index in [0.717, 1.165) is 27.7 Å². The van der Waals surface area contributed by atoms with Gasteiger partial charge in [-0.05, 0) is 47.8 Å². The van der Waals surface area contributed by atoms with E-state index in [-0.39, 0.29) is 16.7 Å². The van der Waals surface area contributed by atoms with Crippen LogP contribution in [0.5, 0.6) is 0 Å². The summed E-state index contributed by atoms with van der Waals surface area (Å²) >= 11 is 0. The lowest BCUT2D eigenvalue weighted by atomic mass is 9.94. The molecule has 4 heteroatoms. The maximum absolute atomic E-state index is 12.8. The first-order valence-corrected chi connectivity index (χ1v) is 12.9. The summed E-state index contributed by atoms with van der Waals surface area (Å²) in [5, 5.41) is 1.23. The highest BCUT2D eigenvalue weighted by Crippen LogP contribution is 2.37. The van der Waals surface area contributed by atoms with Gasteiger partial charge in [-0.15, -0.1) is 6.58 Å². The van der Waals surface area contributed by atoms with Gasteiger partial charge in [0.15, 0.2) is 14.1 Å². The number of nitrogens with zero attached hydrogens (tertiary/aromatic N) is 1. The number of hydrogen-bond donors (Lipinski definition) is 0. The van der Waals surface area contributed by atoms with Crippen molar-refractivity contribution >= 4 is 31.1 Å². The summed E-state index contributed by atoms with van der Waals surface area (Å²) < 4.78 is 8.59. The van der Waals surface area contributed by atoms with Crippen molar-refractivity contribution in [3.05, 3.63) is 54.3 Å². The van der Waals surface area contributed by atoms with Gasteiger partial charge in [0.05, 0.1) is 6.61 Å². The number of rotatable bonds is 8. The highest BCUT2D eigenvalue weighted by molar-refractivity contribution is 6.74. The minimum atomic E-state index is -1.83. The third kappa shape index (κ3) is 4.39. The Morgan fingerprint density at radius 2 is 1.93 bits per heavy atom. The van der Waals surface area contributed by atoms with Crippen LogP contribution in [-0.2, 0) is 18.1 Å². The van der Waals surface area contributed by atoms with Crippen molar-refractivity contribution in [2.24, 2.45) is 13.0 Å². The molecule has 28 heavy (non-hydrogen) atoms. The molecule has 3 nitrogen and oxygen atoms in total. The summed E-state index contributed by atoms with van der Waals surface area (Å²) in [5.41, 5.74) is 3.86. The van der Waals surface area contributed by atoms with Gasteiger partial charge in [-0.1, -0.05) is 46.4 Å². The highest BCUT2D eigenvalue weighted by Gasteiger charge is 2.37. The third-order valence-electron chi connectivity index (χ3n) is 6.17. The van der Waals surface area contributed by atoms with Crippen molar-refractivity contribution in [2.75, 3.05) is 0 Å². The number of allylic oxidation sites excluding steroid dienone is 1. The van der Waals surface area contributed by atoms with E-state index in [2.05, 4.69) is 64.7 Å². The zero-order valence-electron chi connectivity index (χ0n) is 18.6. The average molecular weight is 398 g/mol. The number of carbonyl (C=O) groups excluding carboxylic acids is 1. The zero-order valence-corrected chi connectivity index (χ0v) is 19.6. The van der Waals surface area contributed by atoms with Crippen LogP contribution >= 0.6 is 0 Å². The van der Waals surface area contributed by atoms with E-state index >= 15 is 0 Å². The molecule has 0 bridgehead atoms. The fraction of sp³-hybridized carbons (Fsp3) is 0.458. The normalized spacial score (nSPS) is 13.5. The van der Waals surface area contributed by atoms with Crippen LogP contribution in [0.25, 0.3) is 17.0 Å². The number of benzene rings is 1. The Balaban J connectivity index is 2.42. The lowest BCUT2D eigenvalue weighted by molar-refractivity contribution is 0.0972. The quantitative estimate of drug-likeness (QED) is 0.281. The van der Waals surface area contributed by atoms with Crippen LogP contribution in [0.4, 0.5) is 0 Å². The van der Waals surface area contributed by atoms with E-state index in [4.69, 9.17) is 4.43 Å². The van der Waals surface area contributed by atoms with E-state index in [0.29, 0.717) is 13.0 Å². The fourth-order valence-electron chi connectivity index (χ4n) is 3.05. The molecular weight excluding hydrogens is 362 g/mol. The van der Waals surface area contributed by atoms with E-state index < -0.39 is 8.32 Å². The maximum atomic E-state index is 12.8. The summed E-state index contributed by atoms with van der Waals surface area (Å²) in [4.78, 5) is 12.8. The largest absolute Gasteiger partial charge is 0.411 e. The van der Waals surface area contributed by atoms with Crippen molar-refractivity contribution in [1.29, 1.82) is 0 Å². The Bertz CT molecular complexity index is 899. The molecule has 1 aromatic heterocycles. The van der Waals surface area contributed by atoms with Crippen LogP contribution in [0.3, 0.4) is 0 Å². The first kappa shape index (κ1) is 22.4. The van der Waals surface area contributed by atoms with E-state index in [1.54, 1.807) is 6.08 Å². The third-order valence-corrected chi connectivity index (χ3v) is 10.6. The minimum Gasteiger partial charge on any atom is -0.411 e. The predicted molar refractivity (Wildman–Crippen MR) is 123 cm³/mol. The van der Waals surface area contributed by atoms with Gasteiger partial charge in [-0.25, -0.2) is 0 Å². The molecule has 0 aliphatic rings. The summed E-state index contributed by atoms with van der Waals surface area (Å²) in [6.07, 6.45) is 4.08. The van der Waals surface area contributed by atoms with E-state index in [9.17, 15) is 4.79 Å². The summed E-state index contributed by atoms with van der Waals surface area (Å²) in [7, 11) is 0.226. The highest BCUT2D eigenvalue weighted by atomic mass is 28.4. The molecule has 0 N–H and O–H groups in total. The maximum Gasteiger partial charge on any atom is 0.192 e. The molecule has 0 saturated heterocycles. The molecule has 0 aliphatic carbocycles. The molecule has 1 atom stereocenters. The summed E-state index contributed by atoms with van der Waals surface area (Å²) in [6.45, 7) is 21.6. The van der Waals surface area contributed by atoms with Crippen LogP contribution in [0.2, 0.25) is 18.1 Å². The van der Waals surface area contributed by atoms with Gasteiger partial charge in [0.25, 0.3) is 0 Å². The van der Waals surface area contributed by atoms with Crippen LogP contribution in [0, 0.1) is 5.92 Å². The first-order chi connectivity index (χ1) is 12.9. The number of ketones is 1. The van der Waals surface area contributed by atoms with Gasteiger partial charge in [0.1, 0.15) is 0 Å². The molecule has 2 rings (SSSR count). The molecule has 0 aliphatic heterocycles. The molecule has 0 saturated carbocycles. The van der Waals surface area contributed by atoms with Crippen molar-refractivity contribution in [3.8, 4) is 0 Å². The number of aryl methyl sites for hydroxylation is 1. The molecule has 0 radical (unpaired) electrons. The van der Waals surface area contributed by atoms with E-state index in [1.165, 1.54) is 0 Å². The number of hydrogen-bond acceptors (Lipinski definition) is 2. The summed E-state index contributed by atoms with van der Waals surface area (Å²) in [6, 6.07) is 6.10. The number of aromatic nitrogens is 1. The number of fused-ring (bicyclic) bond motifs is 1. The van der Waals surface area contributed by atoms with Crippen molar-refractivity contribution in [2.45, 2.75) is 58.9 Å². The van der Waals surface area contributed by atoms with Crippen molar-refractivity contribution in [1.82, 2.24) is 4.57 Å². The second kappa shape index (κ2) is 8.22. The molecule has 0 fully saturated rings. The molecule has 1 aromatic carbocycles. The minimum absolute atomic E-state index is 0.132. The van der Waals surface area contributed by atoms with E-state index in [1.807, 2.05) is 25.1 Å². The first-order valence-electron chi connectivity index (χ1n) is 9.96. The Hall–Kier alpha value is -1.91. The molecule has 1 unspecified atom stereocenters. The van der Waals surface area contributed by atoms with Crippen LogP contribution in [0.15, 0.2) is 37.4 Å². The molecule has 2 aromatic rings.